The number of nitrogens with two attached hydrogens (primary N) is 1. The van der Waals surface area contributed by atoms with Crippen LogP contribution in [0.4, 0.5) is 0 Å². The molecule has 1 aromatic rings. The van der Waals surface area contributed by atoms with Crippen LogP contribution < -0.4 is 5.73 Å². The van der Waals surface area contributed by atoms with E-state index in [0.717, 1.165) is 24.4 Å². The van der Waals surface area contributed by atoms with Crippen molar-refractivity contribution in [3.05, 3.63) is 23.7 Å². The van der Waals surface area contributed by atoms with E-state index < -0.39 is 5.97 Å². The first kappa shape index (κ1) is 15.1. The van der Waals surface area contributed by atoms with Crippen LogP contribution in [-0.2, 0) is 11.3 Å². The molecule has 2 atom stereocenters. The lowest BCUT2D eigenvalue weighted by Crippen LogP contribution is -2.46. The minimum absolute atomic E-state index is 0.306. The second-order valence-corrected chi connectivity index (χ2v) is 5.43. The number of ether oxygens (including phenoxy) is 1. The Kier molecular flexibility index (Phi) is 5.20. The first-order chi connectivity index (χ1) is 9.69. The van der Waals surface area contributed by atoms with Crippen LogP contribution in [0.5, 0.6) is 0 Å². The summed E-state index contributed by atoms with van der Waals surface area (Å²) in [5.74, 6) is 0.655. The number of esters is 1. The summed E-state index contributed by atoms with van der Waals surface area (Å²) < 4.78 is 9.97. The number of hydrogen-bond acceptors (Lipinski definition) is 5. The highest BCUT2D eigenvalue weighted by Crippen LogP contribution is 2.27. The van der Waals surface area contributed by atoms with Gasteiger partial charge in [0.05, 0.1) is 13.4 Å². The van der Waals surface area contributed by atoms with Gasteiger partial charge in [-0.15, -0.1) is 0 Å². The van der Waals surface area contributed by atoms with Gasteiger partial charge in [-0.3, -0.25) is 4.90 Å². The molecule has 0 spiro atoms. The molecule has 2 unspecified atom stereocenters. The van der Waals surface area contributed by atoms with Crippen molar-refractivity contribution in [3.8, 4) is 0 Å². The lowest BCUT2D eigenvalue weighted by molar-refractivity contribution is 0.0557. The van der Waals surface area contributed by atoms with Crippen molar-refractivity contribution in [2.45, 2.75) is 38.8 Å². The van der Waals surface area contributed by atoms with Gasteiger partial charge >= 0.3 is 5.97 Å². The molecule has 1 aliphatic heterocycles. The van der Waals surface area contributed by atoms with Crippen molar-refractivity contribution in [2.24, 2.45) is 11.7 Å². The first-order valence-corrected chi connectivity index (χ1v) is 7.28. The normalized spacial score (nSPS) is 23.8. The van der Waals surface area contributed by atoms with Crippen LogP contribution in [0, 0.1) is 5.92 Å². The van der Waals surface area contributed by atoms with Crippen LogP contribution in [0.1, 0.15) is 42.3 Å². The topological polar surface area (TPSA) is 68.7 Å². The number of likely N-dealkylation sites (tertiary alicyclic amines) is 1. The molecule has 0 aliphatic carbocycles. The summed E-state index contributed by atoms with van der Waals surface area (Å²) in [7, 11) is 1.37. The Hall–Kier alpha value is -1.33. The number of piperidine rings is 1. The van der Waals surface area contributed by atoms with E-state index in [0.29, 0.717) is 24.9 Å². The predicted molar refractivity (Wildman–Crippen MR) is 76.3 cm³/mol. The number of hydrogen-bond donors (Lipinski definition) is 1. The maximum Gasteiger partial charge on any atom is 0.374 e. The Morgan fingerprint density at radius 2 is 2.40 bits per heavy atom. The summed E-state index contributed by atoms with van der Waals surface area (Å²) in [4.78, 5) is 14.0. The highest BCUT2D eigenvalue weighted by atomic mass is 16.5. The molecule has 20 heavy (non-hydrogen) atoms. The standard InChI is InChI=1S/C15H24N2O3/c1-3-11-4-6-17(13(8-11)9-16)10-12-5-7-20-14(12)15(18)19-2/h5,7,11,13H,3-4,6,8-10,16H2,1-2H3. The molecule has 0 bridgehead atoms. The maximum absolute atomic E-state index is 11.6. The molecule has 1 fully saturated rings. The smallest absolute Gasteiger partial charge is 0.374 e. The molecule has 0 saturated carbocycles. The summed E-state index contributed by atoms with van der Waals surface area (Å²) >= 11 is 0. The van der Waals surface area contributed by atoms with Gasteiger partial charge in [-0.25, -0.2) is 4.79 Å². The van der Waals surface area contributed by atoms with E-state index in [1.165, 1.54) is 26.2 Å². The SMILES string of the molecule is CCC1CCN(Cc2ccoc2C(=O)OC)C(CN)C1. The Labute approximate surface area is 120 Å². The van der Waals surface area contributed by atoms with Gasteiger partial charge in [0.15, 0.2) is 0 Å². The van der Waals surface area contributed by atoms with E-state index in [1.807, 2.05) is 6.07 Å². The average molecular weight is 280 g/mol. The molecule has 112 valence electrons. The first-order valence-electron chi connectivity index (χ1n) is 7.28. The van der Waals surface area contributed by atoms with E-state index in [1.54, 1.807) is 0 Å². The quantitative estimate of drug-likeness (QED) is 0.836. The second-order valence-electron chi connectivity index (χ2n) is 5.43. The molecule has 1 aliphatic rings. The minimum Gasteiger partial charge on any atom is -0.463 e. The van der Waals surface area contributed by atoms with Crippen LogP contribution in [0.3, 0.4) is 0 Å². The second kappa shape index (κ2) is 6.90. The fourth-order valence-corrected chi connectivity index (χ4v) is 2.96. The van der Waals surface area contributed by atoms with Gasteiger partial charge in [0.2, 0.25) is 5.76 Å². The fourth-order valence-electron chi connectivity index (χ4n) is 2.96. The van der Waals surface area contributed by atoms with Gasteiger partial charge in [-0.05, 0) is 31.4 Å². The molecule has 0 aromatic carbocycles. The van der Waals surface area contributed by atoms with E-state index in [9.17, 15) is 4.79 Å². The predicted octanol–water partition coefficient (Wildman–Crippen LogP) is 2.02. The zero-order chi connectivity index (χ0) is 14.5. The molecule has 1 aromatic heterocycles. The van der Waals surface area contributed by atoms with E-state index in [2.05, 4.69) is 11.8 Å². The van der Waals surface area contributed by atoms with Crippen LogP contribution >= 0.6 is 0 Å². The number of carbonyl (C=O) groups excluding carboxylic acids is 1. The van der Waals surface area contributed by atoms with Gasteiger partial charge in [0.25, 0.3) is 0 Å². The molecule has 2 N–H and O–H groups in total. The van der Waals surface area contributed by atoms with Gasteiger partial charge < -0.3 is 14.9 Å². The largest absolute Gasteiger partial charge is 0.463 e. The van der Waals surface area contributed by atoms with Gasteiger partial charge in [0, 0.05) is 24.7 Å². The Morgan fingerprint density at radius 3 is 3.05 bits per heavy atom. The zero-order valence-corrected chi connectivity index (χ0v) is 12.3. The Balaban J connectivity index is 2.06. The number of carbonyl (C=O) groups is 1. The third-order valence-corrected chi connectivity index (χ3v) is 4.29. The highest BCUT2D eigenvalue weighted by Gasteiger charge is 2.28. The molecule has 2 rings (SSSR count). The van der Waals surface area contributed by atoms with Crippen LogP contribution in [0.2, 0.25) is 0 Å². The minimum atomic E-state index is -0.419. The van der Waals surface area contributed by atoms with Gasteiger partial charge in [-0.1, -0.05) is 13.3 Å². The number of rotatable bonds is 5. The summed E-state index contributed by atoms with van der Waals surface area (Å²) in [6.45, 7) is 4.60. The summed E-state index contributed by atoms with van der Waals surface area (Å²) in [6.07, 6.45) is 5.08. The van der Waals surface area contributed by atoms with Crippen LogP contribution in [0.25, 0.3) is 0 Å². The third kappa shape index (κ3) is 3.22. The zero-order valence-electron chi connectivity index (χ0n) is 12.3. The molecular formula is C15H24N2O3. The van der Waals surface area contributed by atoms with Crippen molar-refractivity contribution in [2.75, 3.05) is 20.2 Å². The maximum atomic E-state index is 11.6. The van der Waals surface area contributed by atoms with Crippen molar-refractivity contribution in [1.82, 2.24) is 4.90 Å². The molecule has 5 heteroatoms. The van der Waals surface area contributed by atoms with Gasteiger partial charge in [0.1, 0.15) is 0 Å². The third-order valence-electron chi connectivity index (χ3n) is 4.29. The van der Waals surface area contributed by atoms with E-state index >= 15 is 0 Å². The number of furan rings is 1. The summed E-state index contributed by atoms with van der Waals surface area (Å²) in [5, 5.41) is 0. The Bertz CT molecular complexity index is 444. The molecule has 2 heterocycles. The molecule has 5 nitrogen and oxygen atoms in total. The van der Waals surface area contributed by atoms with Gasteiger partial charge in [-0.2, -0.15) is 0 Å². The van der Waals surface area contributed by atoms with Crippen LogP contribution in [-0.4, -0.2) is 37.1 Å². The molecule has 0 radical (unpaired) electrons. The molecular weight excluding hydrogens is 256 g/mol. The van der Waals surface area contributed by atoms with Crippen molar-refractivity contribution >= 4 is 5.97 Å². The monoisotopic (exact) mass is 280 g/mol. The lowest BCUT2D eigenvalue weighted by Gasteiger charge is -2.38. The molecule has 0 amide bonds. The summed E-state index contributed by atoms with van der Waals surface area (Å²) in [6, 6.07) is 2.22. The van der Waals surface area contributed by atoms with Crippen molar-refractivity contribution in [3.63, 3.8) is 0 Å². The average Bonchev–Trinajstić information content (AvgIpc) is 2.95. The number of methoxy groups -OCH3 is 1. The van der Waals surface area contributed by atoms with Crippen molar-refractivity contribution < 1.29 is 13.9 Å². The molecule has 1 saturated heterocycles. The van der Waals surface area contributed by atoms with E-state index in [-0.39, 0.29) is 0 Å². The number of nitrogens with zero attached hydrogens (tertiary/aromatic N) is 1. The van der Waals surface area contributed by atoms with Crippen LogP contribution in [0.15, 0.2) is 16.7 Å². The Morgan fingerprint density at radius 1 is 1.60 bits per heavy atom. The highest BCUT2D eigenvalue weighted by molar-refractivity contribution is 5.87. The fraction of sp³-hybridized carbons (Fsp3) is 0.667. The van der Waals surface area contributed by atoms with E-state index in [4.69, 9.17) is 14.9 Å². The summed E-state index contributed by atoms with van der Waals surface area (Å²) in [5.41, 5.74) is 6.79. The van der Waals surface area contributed by atoms with Crippen molar-refractivity contribution in [1.29, 1.82) is 0 Å². The lowest BCUT2D eigenvalue weighted by atomic mass is 9.88.